The van der Waals surface area contributed by atoms with E-state index in [4.69, 9.17) is 5.73 Å². The number of nitrogens with one attached hydrogen (secondary N) is 1. The lowest BCUT2D eigenvalue weighted by Gasteiger charge is -2.33. The fourth-order valence-corrected chi connectivity index (χ4v) is 3.80. The van der Waals surface area contributed by atoms with Gasteiger partial charge in [-0.25, -0.2) is 0 Å². The van der Waals surface area contributed by atoms with Gasteiger partial charge < -0.3 is 21.3 Å². The lowest BCUT2D eigenvalue weighted by Crippen LogP contribution is -2.45. The number of hydrogen-bond acceptors (Lipinski definition) is 5. The standard InChI is InChI=1S/C24H29N3O4/c1-24(2,15-28)27-13-18(19(14-27)23(30)31)17-10-7-16(8-11-17)9-12-22(29)26-21-6-4-3-5-20(21)25/h3-12,18-19,28H,13-15,25H2,1-2H3,(H,26,29)(H,30,31)/t18-,19+/m0/s1. The van der Waals surface area contributed by atoms with Crippen LogP contribution >= 0.6 is 0 Å². The summed E-state index contributed by atoms with van der Waals surface area (Å²) in [4.78, 5) is 26.0. The van der Waals surface area contributed by atoms with Crippen LogP contribution in [0.1, 0.15) is 30.9 Å². The molecule has 0 radical (unpaired) electrons. The molecule has 0 aromatic heterocycles. The molecule has 2 atom stereocenters. The van der Waals surface area contributed by atoms with E-state index >= 15 is 0 Å². The third-order valence-corrected chi connectivity index (χ3v) is 5.89. The first-order valence-corrected chi connectivity index (χ1v) is 10.2. The number of likely N-dealkylation sites (tertiary alicyclic amines) is 1. The van der Waals surface area contributed by atoms with Crippen LogP contribution in [0, 0.1) is 5.92 Å². The van der Waals surface area contributed by atoms with Gasteiger partial charge in [-0.2, -0.15) is 0 Å². The van der Waals surface area contributed by atoms with E-state index in [9.17, 15) is 19.8 Å². The molecular formula is C24H29N3O4. The maximum atomic E-state index is 12.1. The first-order valence-electron chi connectivity index (χ1n) is 10.2. The third kappa shape index (κ3) is 5.31. The average Bonchev–Trinajstić information content (AvgIpc) is 3.21. The smallest absolute Gasteiger partial charge is 0.308 e. The van der Waals surface area contributed by atoms with E-state index in [2.05, 4.69) is 5.32 Å². The number of carboxylic acid groups (broad SMARTS) is 1. The van der Waals surface area contributed by atoms with Crippen LogP contribution in [-0.2, 0) is 9.59 Å². The van der Waals surface area contributed by atoms with E-state index in [0.29, 0.717) is 24.5 Å². The molecule has 7 nitrogen and oxygen atoms in total. The van der Waals surface area contributed by atoms with Crippen LogP contribution in [0.2, 0.25) is 0 Å². The van der Waals surface area contributed by atoms with Gasteiger partial charge in [0.05, 0.1) is 23.9 Å². The molecule has 1 amide bonds. The number of nitrogen functional groups attached to an aromatic ring is 1. The van der Waals surface area contributed by atoms with E-state index in [1.807, 2.05) is 43.0 Å². The molecule has 0 aliphatic carbocycles. The minimum Gasteiger partial charge on any atom is -0.481 e. The number of aliphatic carboxylic acids is 1. The lowest BCUT2D eigenvalue weighted by atomic mass is 9.88. The summed E-state index contributed by atoms with van der Waals surface area (Å²) in [6.45, 7) is 4.76. The zero-order chi connectivity index (χ0) is 22.6. The molecule has 2 aromatic carbocycles. The zero-order valence-corrected chi connectivity index (χ0v) is 17.8. The third-order valence-electron chi connectivity index (χ3n) is 5.89. The highest BCUT2D eigenvalue weighted by atomic mass is 16.4. The minimum atomic E-state index is -0.831. The van der Waals surface area contributed by atoms with Crippen LogP contribution in [0.25, 0.3) is 6.08 Å². The fraction of sp³-hybridized carbons (Fsp3) is 0.333. The van der Waals surface area contributed by atoms with Crippen molar-refractivity contribution < 1.29 is 19.8 Å². The molecule has 31 heavy (non-hydrogen) atoms. The number of carbonyl (C=O) groups excluding carboxylic acids is 1. The van der Waals surface area contributed by atoms with Crippen molar-refractivity contribution in [2.75, 3.05) is 30.7 Å². The number of carboxylic acids is 1. The second-order valence-electron chi connectivity index (χ2n) is 8.50. The summed E-state index contributed by atoms with van der Waals surface area (Å²) in [5, 5.41) is 22.1. The summed E-state index contributed by atoms with van der Waals surface area (Å²) in [6.07, 6.45) is 3.13. The largest absolute Gasteiger partial charge is 0.481 e. The van der Waals surface area contributed by atoms with Crippen LogP contribution in [0.5, 0.6) is 0 Å². The average molecular weight is 424 g/mol. The highest BCUT2D eigenvalue weighted by Gasteiger charge is 2.43. The number of nitrogens with zero attached hydrogens (tertiary/aromatic N) is 1. The van der Waals surface area contributed by atoms with Crippen molar-refractivity contribution >= 4 is 29.3 Å². The predicted molar refractivity (Wildman–Crippen MR) is 122 cm³/mol. The highest BCUT2D eigenvalue weighted by Crippen LogP contribution is 2.36. The van der Waals surface area contributed by atoms with Gasteiger partial charge in [0, 0.05) is 30.6 Å². The molecule has 3 rings (SSSR count). The van der Waals surface area contributed by atoms with Crippen molar-refractivity contribution in [1.82, 2.24) is 4.90 Å². The number of nitrogens with two attached hydrogens (primary N) is 1. The minimum absolute atomic E-state index is 0.0352. The van der Waals surface area contributed by atoms with Gasteiger partial charge in [-0.3, -0.25) is 14.5 Å². The number of aliphatic hydroxyl groups is 1. The van der Waals surface area contributed by atoms with Gasteiger partial charge in [-0.15, -0.1) is 0 Å². The number of rotatable bonds is 7. The summed E-state index contributed by atoms with van der Waals surface area (Å²) < 4.78 is 0. The lowest BCUT2D eigenvalue weighted by molar-refractivity contribution is -0.141. The Kier molecular flexibility index (Phi) is 6.77. The van der Waals surface area contributed by atoms with E-state index in [-0.39, 0.29) is 18.4 Å². The molecule has 1 heterocycles. The first-order chi connectivity index (χ1) is 14.7. The van der Waals surface area contributed by atoms with Crippen molar-refractivity contribution in [3.8, 4) is 0 Å². The molecule has 7 heteroatoms. The van der Waals surface area contributed by atoms with Crippen LogP contribution in [0.3, 0.4) is 0 Å². The van der Waals surface area contributed by atoms with Crippen molar-refractivity contribution in [1.29, 1.82) is 0 Å². The normalized spacial score (nSPS) is 19.6. The molecular weight excluding hydrogens is 394 g/mol. The Labute approximate surface area is 182 Å². The monoisotopic (exact) mass is 423 g/mol. The highest BCUT2D eigenvalue weighted by molar-refractivity contribution is 6.03. The Morgan fingerprint density at radius 1 is 1.16 bits per heavy atom. The number of anilines is 2. The number of benzene rings is 2. The molecule has 164 valence electrons. The number of aliphatic hydroxyl groups excluding tert-OH is 1. The number of hydrogen-bond donors (Lipinski definition) is 4. The summed E-state index contributed by atoms with van der Waals surface area (Å²) >= 11 is 0. The van der Waals surface area contributed by atoms with Gasteiger partial charge in [0.25, 0.3) is 0 Å². The Morgan fingerprint density at radius 2 is 1.84 bits per heavy atom. The first kappa shape index (κ1) is 22.5. The summed E-state index contributed by atoms with van der Waals surface area (Å²) in [5.74, 6) is -1.81. The van der Waals surface area contributed by atoms with Crippen LogP contribution in [0.15, 0.2) is 54.6 Å². The number of amides is 1. The molecule has 1 saturated heterocycles. The van der Waals surface area contributed by atoms with E-state index in [1.54, 1.807) is 30.3 Å². The van der Waals surface area contributed by atoms with Gasteiger partial charge in [-0.05, 0) is 43.2 Å². The Bertz CT molecular complexity index is 969. The van der Waals surface area contributed by atoms with Gasteiger partial charge >= 0.3 is 5.97 Å². The van der Waals surface area contributed by atoms with Crippen LogP contribution in [0.4, 0.5) is 11.4 Å². The maximum absolute atomic E-state index is 12.1. The molecule has 0 unspecified atom stereocenters. The molecule has 2 aromatic rings. The van der Waals surface area contributed by atoms with E-state index in [0.717, 1.165) is 11.1 Å². The van der Waals surface area contributed by atoms with Crippen LogP contribution in [-0.4, -0.2) is 52.2 Å². The van der Waals surface area contributed by atoms with Gasteiger partial charge in [0.2, 0.25) is 5.91 Å². The Morgan fingerprint density at radius 3 is 2.45 bits per heavy atom. The van der Waals surface area contributed by atoms with Crippen LogP contribution < -0.4 is 11.1 Å². The van der Waals surface area contributed by atoms with E-state index < -0.39 is 17.4 Å². The molecule has 1 aliphatic heterocycles. The summed E-state index contributed by atoms with van der Waals surface area (Å²) in [7, 11) is 0. The fourth-order valence-electron chi connectivity index (χ4n) is 3.80. The molecule has 1 aliphatic rings. The zero-order valence-electron chi connectivity index (χ0n) is 17.8. The Balaban J connectivity index is 1.69. The van der Waals surface area contributed by atoms with Crippen molar-refractivity contribution in [2.45, 2.75) is 25.3 Å². The summed E-state index contributed by atoms with van der Waals surface area (Å²) in [6, 6.07) is 14.6. The van der Waals surface area contributed by atoms with Gasteiger partial charge in [-0.1, -0.05) is 36.4 Å². The van der Waals surface area contributed by atoms with Crippen molar-refractivity contribution in [3.63, 3.8) is 0 Å². The number of carbonyl (C=O) groups is 2. The van der Waals surface area contributed by atoms with Gasteiger partial charge in [0.15, 0.2) is 0 Å². The summed E-state index contributed by atoms with van der Waals surface area (Å²) in [5.41, 5.74) is 8.18. The maximum Gasteiger partial charge on any atom is 0.308 e. The molecule has 0 saturated carbocycles. The molecule has 0 bridgehead atoms. The van der Waals surface area contributed by atoms with E-state index in [1.165, 1.54) is 6.08 Å². The topological polar surface area (TPSA) is 116 Å². The van der Waals surface area contributed by atoms with Gasteiger partial charge in [0.1, 0.15) is 0 Å². The molecule has 0 spiro atoms. The van der Waals surface area contributed by atoms with Crippen molar-refractivity contribution in [3.05, 3.63) is 65.7 Å². The Hall–Kier alpha value is -3.16. The molecule has 5 N–H and O–H groups in total. The SMILES string of the molecule is CC(C)(CO)N1C[C@@H](C(=O)O)[C@H](c2ccc(C=CC(=O)Nc3ccccc3N)cc2)C1. The molecule has 1 fully saturated rings. The quantitative estimate of drug-likeness (QED) is 0.402. The second kappa shape index (κ2) is 9.32. The predicted octanol–water partition coefficient (Wildman–Crippen LogP) is 2.79. The second-order valence-corrected chi connectivity index (χ2v) is 8.50. The number of para-hydroxylation sites is 2. The van der Waals surface area contributed by atoms with Crippen molar-refractivity contribution in [2.24, 2.45) is 5.92 Å².